The summed E-state index contributed by atoms with van der Waals surface area (Å²) < 4.78 is 1.67. The van der Waals surface area contributed by atoms with E-state index in [0.717, 1.165) is 9.17 Å². The molecular weight excluding hydrogens is 395 g/mol. The van der Waals surface area contributed by atoms with Crippen molar-refractivity contribution in [2.45, 2.75) is 0 Å². The number of nitrogens with one attached hydrogen (secondary N) is 1. The average Bonchev–Trinajstić information content (AvgIpc) is 2.89. The number of carbonyl (C=O) groups excluding carboxylic acids is 1. The number of rotatable bonds is 2. The van der Waals surface area contributed by atoms with E-state index in [1.165, 1.54) is 11.3 Å². The molecule has 0 aliphatic rings. The second-order valence-corrected chi connectivity index (χ2v) is 6.92. The monoisotopic (exact) mass is 400 g/mol. The number of hydrogen-bond acceptors (Lipinski definition) is 3. The molecule has 3 rings (SSSR count). The van der Waals surface area contributed by atoms with Crippen LogP contribution in [0.25, 0.3) is 10.2 Å². The highest BCUT2D eigenvalue weighted by atomic mass is 79.9. The van der Waals surface area contributed by atoms with Crippen LogP contribution >= 0.6 is 50.5 Å². The van der Waals surface area contributed by atoms with Crippen molar-refractivity contribution < 1.29 is 4.79 Å². The van der Waals surface area contributed by atoms with Crippen molar-refractivity contribution >= 4 is 71.7 Å². The first kappa shape index (κ1) is 14.8. The normalized spacial score (nSPS) is 10.8. The summed E-state index contributed by atoms with van der Waals surface area (Å²) in [7, 11) is 0. The summed E-state index contributed by atoms with van der Waals surface area (Å²) in [4.78, 5) is 16.5. The van der Waals surface area contributed by atoms with Crippen LogP contribution in [0.3, 0.4) is 0 Å². The fraction of sp³-hybridized carbons (Fsp3) is 0. The Morgan fingerprint density at radius 1 is 1.10 bits per heavy atom. The maximum Gasteiger partial charge on any atom is 0.257 e. The van der Waals surface area contributed by atoms with Crippen LogP contribution in [-0.2, 0) is 0 Å². The predicted octanol–water partition coefficient (Wildman–Crippen LogP) is 5.62. The molecule has 0 unspecified atom stereocenters. The molecule has 1 amide bonds. The fourth-order valence-electron chi connectivity index (χ4n) is 1.77. The van der Waals surface area contributed by atoms with Crippen molar-refractivity contribution in [2.75, 3.05) is 5.32 Å². The summed E-state index contributed by atoms with van der Waals surface area (Å²) in [6.07, 6.45) is 0. The lowest BCUT2D eigenvalue weighted by Crippen LogP contribution is -2.11. The molecule has 7 heteroatoms. The second-order valence-electron chi connectivity index (χ2n) is 4.19. The quantitative estimate of drug-likeness (QED) is 0.605. The third-order valence-electron chi connectivity index (χ3n) is 2.77. The standard InChI is InChI=1S/C14H7BrCl2N2OS/c15-8-3-1-7(2-4-8)13(20)19-14-18-11-9(16)5-6-10(17)12(11)21-14/h1-6H,(H,18,19,20). The SMILES string of the molecule is O=C(Nc1nc2c(Cl)ccc(Cl)c2s1)c1ccc(Br)cc1. The number of amides is 1. The van der Waals surface area contributed by atoms with Gasteiger partial charge in [-0.2, -0.15) is 0 Å². The van der Waals surface area contributed by atoms with Crippen LogP contribution < -0.4 is 5.32 Å². The molecule has 0 atom stereocenters. The van der Waals surface area contributed by atoms with Gasteiger partial charge in [0.25, 0.3) is 5.91 Å². The molecule has 106 valence electrons. The smallest absolute Gasteiger partial charge is 0.257 e. The lowest BCUT2D eigenvalue weighted by molar-refractivity contribution is 0.102. The van der Waals surface area contributed by atoms with Crippen LogP contribution in [-0.4, -0.2) is 10.9 Å². The van der Waals surface area contributed by atoms with Gasteiger partial charge in [0, 0.05) is 10.0 Å². The summed E-state index contributed by atoms with van der Waals surface area (Å²) in [5.41, 5.74) is 1.15. The van der Waals surface area contributed by atoms with Crippen molar-refractivity contribution in [2.24, 2.45) is 0 Å². The van der Waals surface area contributed by atoms with Crippen molar-refractivity contribution in [1.29, 1.82) is 0 Å². The average molecular weight is 402 g/mol. The Morgan fingerprint density at radius 3 is 2.43 bits per heavy atom. The van der Waals surface area contributed by atoms with Crippen LogP contribution in [0.4, 0.5) is 5.13 Å². The fourth-order valence-corrected chi connectivity index (χ4v) is 3.45. The molecular formula is C14H7BrCl2N2OS. The Labute approximate surface area is 143 Å². The predicted molar refractivity (Wildman–Crippen MR) is 91.7 cm³/mol. The molecule has 0 saturated carbocycles. The molecule has 1 aromatic heterocycles. The molecule has 0 saturated heterocycles. The number of fused-ring (bicyclic) bond motifs is 1. The van der Waals surface area contributed by atoms with Gasteiger partial charge in [-0.05, 0) is 36.4 Å². The second kappa shape index (κ2) is 5.93. The first-order valence-corrected chi connectivity index (χ1v) is 8.22. The Bertz CT molecular complexity index is 794. The minimum absolute atomic E-state index is 0.228. The number of nitrogens with zero attached hydrogens (tertiary/aromatic N) is 1. The number of benzene rings is 2. The zero-order chi connectivity index (χ0) is 15.0. The van der Waals surface area contributed by atoms with Gasteiger partial charge in [-0.1, -0.05) is 50.5 Å². The lowest BCUT2D eigenvalue weighted by Gasteiger charge is -2.01. The van der Waals surface area contributed by atoms with E-state index in [9.17, 15) is 4.79 Å². The molecule has 0 radical (unpaired) electrons. The maximum atomic E-state index is 12.1. The molecule has 3 aromatic rings. The maximum absolute atomic E-state index is 12.1. The van der Waals surface area contributed by atoms with Crippen LogP contribution in [0, 0.1) is 0 Å². The molecule has 1 heterocycles. The number of hydrogen-bond donors (Lipinski definition) is 1. The third-order valence-corrected chi connectivity index (χ3v) is 5.04. The van der Waals surface area contributed by atoms with E-state index in [1.54, 1.807) is 36.4 Å². The summed E-state index contributed by atoms with van der Waals surface area (Å²) in [5, 5.41) is 4.30. The van der Waals surface area contributed by atoms with Gasteiger partial charge in [0.15, 0.2) is 5.13 Å². The van der Waals surface area contributed by atoms with Gasteiger partial charge in [-0.25, -0.2) is 4.98 Å². The number of aromatic nitrogens is 1. The van der Waals surface area contributed by atoms with Gasteiger partial charge >= 0.3 is 0 Å². The van der Waals surface area contributed by atoms with E-state index in [4.69, 9.17) is 23.2 Å². The van der Waals surface area contributed by atoms with Crippen LogP contribution in [0.15, 0.2) is 40.9 Å². The molecule has 0 aliphatic carbocycles. The largest absolute Gasteiger partial charge is 0.298 e. The van der Waals surface area contributed by atoms with Gasteiger partial charge in [0.05, 0.1) is 14.7 Å². The van der Waals surface area contributed by atoms with E-state index in [-0.39, 0.29) is 5.91 Å². The topological polar surface area (TPSA) is 42.0 Å². The highest BCUT2D eigenvalue weighted by molar-refractivity contribution is 9.10. The highest BCUT2D eigenvalue weighted by Crippen LogP contribution is 2.36. The van der Waals surface area contributed by atoms with Crippen molar-refractivity contribution in [3.63, 3.8) is 0 Å². The zero-order valence-electron chi connectivity index (χ0n) is 10.4. The Morgan fingerprint density at radius 2 is 1.76 bits per heavy atom. The van der Waals surface area contributed by atoms with E-state index >= 15 is 0 Å². The van der Waals surface area contributed by atoms with E-state index < -0.39 is 0 Å². The molecule has 0 fully saturated rings. The lowest BCUT2D eigenvalue weighted by atomic mass is 10.2. The highest BCUT2D eigenvalue weighted by Gasteiger charge is 2.13. The third kappa shape index (κ3) is 3.06. The molecule has 1 N–H and O–H groups in total. The van der Waals surface area contributed by atoms with E-state index in [2.05, 4.69) is 26.2 Å². The number of anilines is 1. The Hall–Kier alpha value is -1.14. The van der Waals surface area contributed by atoms with Crippen LogP contribution in [0.5, 0.6) is 0 Å². The molecule has 0 bridgehead atoms. The zero-order valence-corrected chi connectivity index (χ0v) is 14.3. The summed E-state index contributed by atoms with van der Waals surface area (Å²) >= 11 is 16.8. The van der Waals surface area contributed by atoms with Gasteiger partial charge in [0.2, 0.25) is 0 Å². The van der Waals surface area contributed by atoms with E-state index in [0.29, 0.717) is 26.3 Å². The Kier molecular flexibility index (Phi) is 4.17. The van der Waals surface area contributed by atoms with Crippen LogP contribution in [0.2, 0.25) is 10.0 Å². The van der Waals surface area contributed by atoms with Gasteiger partial charge in [-0.3, -0.25) is 10.1 Å². The van der Waals surface area contributed by atoms with Gasteiger partial charge < -0.3 is 0 Å². The van der Waals surface area contributed by atoms with Crippen molar-refractivity contribution in [1.82, 2.24) is 4.98 Å². The van der Waals surface area contributed by atoms with Crippen LogP contribution in [0.1, 0.15) is 10.4 Å². The van der Waals surface area contributed by atoms with Gasteiger partial charge in [0.1, 0.15) is 5.52 Å². The number of thiazole rings is 1. The molecule has 3 nitrogen and oxygen atoms in total. The molecule has 21 heavy (non-hydrogen) atoms. The number of carbonyl (C=O) groups is 1. The Balaban J connectivity index is 1.91. The molecule has 0 aliphatic heterocycles. The summed E-state index contributed by atoms with van der Waals surface area (Å²) in [5.74, 6) is -0.228. The minimum atomic E-state index is -0.228. The first-order chi connectivity index (χ1) is 10.0. The van der Waals surface area contributed by atoms with Gasteiger partial charge in [-0.15, -0.1) is 0 Å². The summed E-state index contributed by atoms with van der Waals surface area (Å²) in [6, 6.07) is 10.5. The van der Waals surface area contributed by atoms with Crippen molar-refractivity contribution in [3.8, 4) is 0 Å². The first-order valence-electron chi connectivity index (χ1n) is 5.86. The van der Waals surface area contributed by atoms with E-state index in [1.807, 2.05) is 0 Å². The number of halogens is 3. The molecule has 2 aromatic carbocycles. The minimum Gasteiger partial charge on any atom is -0.298 e. The molecule has 0 spiro atoms. The summed E-state index contributed by atoms with van der Waals surface area (Å²) in [6.45, 7) is 0. The van der Waals surface area contributed by atoms with Crippen molar-refractivity contribution in [3.05, 3.63) is 56.5 Å².